The Balaban J connectivity index is 1.86. The number of aromatic nitrogens is 1. The second-order valence-electron chi connectivity index (χ2n) is 17.7. The van der Waals surface area contributed by atoms with Gasteiger partial charge in [-0.2, -0.15) is 0 Å². The summed E-state index contributed by atoms with van der Waals surface area (Å²) in [5.74, 6) is -7.17. The van der Waals surface area contributed by atoms with Gasteiger partial charge >= 0.3 is 5.97 Å². The average molecular weight is 877 g/mol. The number of amides is 7. The minimum Gasteiger partial charge on any atom is -0.505 e. The topological polar surface area (TPSA) is 228 Å². The number of benzene rings is 1. The van der Waals surface area contributed by atoms with Crippen molar-refractivity contribution in [2.45, 2.75) is 111 Å². The van der Waals surface area contributed by atoms with Crippen LogP contribution in [-0.2, 0) is 38.3 Å². The summed E-state index contributed by atoms with van der Waals surface area (Å²) in [4.78, 5) is 122. The van der Waals surface area contributed by atoms with Gasteiger partial charge in [-0.1, -0.05) is 71.9 Å². The van der Waals surface area contributed by atoms with Crippen LogP contribution < -0.4 is 16.0 Å². The molecule has 9 atom stereocenters. The van der Waals surface area contributed by atoms with Crippen molar-refractivity contribution >= 4 is 47.3 Å². The predicted octanol–water partition coefficient (Wildman–Crippen LogP) is 1.88. The van der Waals surface area contributed by atoms with E-state index in [1.807, 2.05) is 41.5 Å². The summed E-state index contributed by atoms with van der Waals surface area (Å²) in [6.45, 7) is 13.7. The third kappa shape index (κ3) is 11.9. The number of hydrogen-bond acceptors (Lipinski definition) is 11. The van der Waals surface area contributed by atoms with Crippen molar-refractivity contribution < 1.29 is 48.2 Å². The van der Waals surface area contributed by atoms with Crippen LogP contribution in [0.25, 0.3) is 0 Å². The minimum atomic E-state index is -1.69. The van der Waals surface area contributed by atoms with Gasteiger partial charge < -0.3 is 45.4 Å². The molecule has 2 unspecified atom stereocenters. The number of carbonyl (C=O) groups excluding carboxylic acids is 8. The second-order valence-corrected chi connectivity index (χ2v) is 17.7. The molecule has 4 N–H and O–H groups in total. The van der Waals surface area contributed by atoms with Gasteiger partial charge in [0, 0.05) is 33.9 Å². The molecule has 0 saturated carbocycles. The Morgan fingerprint density at radius 2 is 1.51 bits per heavy atom. The van der Waals surface area contributed by atoms with Crippen LogP contribution in [0.1, 0.15) is 90.3 Å². The summed E-state index contributed by atoms with van der Waals surface area (Å²) >= 11 is 0. The number of ether oxygens (including phenoxy) is 1. The van der Waals surface area contributed by atoms with Crippen molar-refractivity contribution in [3.05, 3.63) is 59.9 Å². The molecular formula is C45H64N8O10. The highest BCUT2D eigenvalue weighted by Crippen LogP contribution is 2.28. The Kier molecular flexibility index (Phi) is 16.8. The molecule has 0 spiro atoms. The van der Waals surface area contributed by atoms with Gasteiger partial charge in [-0.15, -0.1) is 0 Å². The van der Waals surface area contributed by atoms with E-state index in [0.29, 0.717) is 5.56 Å². The number of likely N-dealkylation sites (N-methyl/N-ethyl adjacent to an activating group) is 3. The Hall–Kier alpha value is -6.07. The quantitative estimate of drug-likeness (QED) is 0.294. The van der Waals surface area contributed by atoms with E-state index in [1.165, 1.54) is 68.0 Å². The Labute approximate surface area is 369 Å². The van der Waals surface area contributed by atoms with E-state index >= 15 is 0 Å². The van der Waals surface area contributed by atoms with Gasteiger partial charge in [-0.05, 0) is 68.1 Å². The standard InChI is InChI=1S/C45H64N8O10/c1-24(2)20-31-43(60)53-22-26(5)21-32(53)44(61)50(9)23-34(55)51(10)37(27(6)25(3)4)41(58)47-28(7)42(59)52(11)38(30-16-13-12-14-17-30)45(62)63-29(8)35(39(56)48-31)49-40(57)36-33(54)18-15-19-46-36/h12-19,24-29,31-32,35,37-38,54H,20-23H2,1-11H3,(H,47,58)(H,48,56)(H,49,57)/t26-,27?,28+,29-,31-,32-,35?,37+,38+/m1/s1. The van der Waals surface area contributed by atoms with Gasteiger partial charge in [0.05, 0.1) is 6.54 Å². The van der Waals surface area contributed by atoms with Crippen LogP contribution in [0.2, 0.25) is 0 Å². The first-order valence-corrected chi connectivity index (χ1v) is 21.4. The number of nitrogens with one attached hydrogen (secondary N) is 3. The molecule has 2 fully saturated rings. The predicted molar refractivity (Wildman–Crippen MR) is 231 cm³/mol. The van der Waals surface area contributed by atoms with Crippen LogP contribution in [-0.4, -0.2) is 148 Å². The van der Waals surface area contributed by atoms with Crippen LogP contribution in [0, 0.1) is 23.7 Å². The molecule has 0 bridgehead atoms. The number of esters is 1. The van der Waals surface area contributed by atoms with E-state index in [-0.39, 0.29) is 37.1 Å². The van der Waals surface area contributed by atoms with Crippen molar-refractivity contribution in [2.75, 3.05) is 34.2 Å². The molecule has 1 aromatic heterocycles. The second kappa shape index (κ2) is 21.3. The minimum absolute atomic E-state index is 0.0936. The van der Waals surface area contributed by atoms with Gasteiger partial charge in [0.1, 0.15) is 42.1 Å². The van der Waals surface area contributed by atoms with Crippen molar-refractivity contribution in [1.82, 2.24) is 40.5 Å². The highest BCUT2D eigenvalue weighted by molar-refractivity contribution is 6.00. The number of cyclic esters (lactones) is 1. The molecule has 0 aliphatic carbocycles. The van der Waals surface area contributed by atoms with Crippen LogP contribution in [0.5, 0.6) is 5.75 Å². The fourth-order valence-electron chi connectivity index (χ4n) is 8.05. The third-order valence-electron chi connectivity index (χ3n) is 11.9. The lowest BCUT2D eigenvalue weighted by Gasteiger charge is -2.37. The molecule has 4 rings (SSSR count). The Bertz CT molecular complexity index is 2010. The van der Waals surface area contributed by atoms with Crippen LogP contribution in [0.15, 0.2) is 48.7 Å². The van der Waals surface area contributed by atoms with Crippen LogP contribution in [0.4, 0.5) is 0 Å². The smallest absolute Gasteiger partial charge is 0.333 e. The zero-order valence-electron chi connectivity index (χ0n) is 38.2. The van der Waals surface area contributed by atoms with E-state index in [1.54, 1.807) is 30.3 Å². The van der Waals surface area contributed by atoms with Gasteiger partial charge in [0.25, 0.3) is 5.91 Å². The zero-order chi connectivity index (χ0) is 47.0. The van der Waals surface area contributed by atoms with Crippen LogP contribution >= 0.6 is 0 Å². The molecule has 18 heteroatoms. The summed E-state index contributed by atoms with van der Waals surface area (Å²) < 4.78 is 5.94. The van der Waals surface area contributed by atoms with E-state index in [0.717, 1.165) is 4.90 Å². The molecule has 18 nitrogen and oxygen atoms in total. The fourth-order valence-corrected chi connectivity index (χ4v) is 8.05. The van der Waals surface area contributed by atoms with E-state index < -0.39 is 114 Å². The first-order chi connectivity index (χ1) is 29.5. The number of carbonyl (C=O) groups is 8. The molecule has 1 aromatic carbocycles. The highest BCUT2D eigenvalue weighted by Gasteiger charge is 2.44. The number of hydrogen-bond donors (Lipinski definition) is 4. The lowest BCUT2D eigenvalue weighted by Crippen LogP contribution is -2.60. The molecule has 2 saturated heterocycles. The number of aromatic hydroxyl groups is 1. The first-order valence-electron chi connectivity index (χ1n) is 21.4. The van der Waals surface area contributed by atoms with E-state index in [9.17, 15) is 43.5 Å². The molecule has 7 amide bonds. The summed E-state index contributed by atoms with van der Waals surface area (Å²) in [6, 6.07) is 3.22. The van der Waals surface area contributed by atoms with Crippen molar-refractivity contribution in [3.63, 3.8) is 0 Å². The first kappa shape index (κ1) is 49.6. The van der Waals surface area contributed by atoms with E-state index in [2.05, 4.69) is 20.9 Å². The monoisotopic (exact) mass is 876 g/mol. The molecule has 3 heterocycles. The number of rotatable bonds is 7. The van der Waals surface area contributed by atoms with Gasteiger partial charge in [-0.25, -0.2) is 9.78 Å². The van der Waals surface area contributed by atoms with Crippen molar-refractivity contribution in [2.24, 2.45) is 23.7 Å². The maximum absolute atomic E-state index is 14.6. The largest absolute Gasteiger partial charge is 0.505 e. The fraction of sp³-hybridized carbons (Fsp3) is 0.578. The molecule has 63 heavy (non-hydrogen) atoms. The van der Waals surface area contributed by atoms with Gasteiger partial charge in [-0.3, -0.25) is 33.6 Å². The maximum atomic E-state index is 14.6. The average Bonchev–Trinajstić information content (AvgIpc) is 3.62. The third-order valence-corrected chi connectivity index (χ3v) is 11.9. The number of nitrogens with zero attached hydrogens (tertiary/aromatic N) is 5. The van der Waals surface area contributed by atoms with E-state index in [4.69, 9.17) is 4.74 Å². The lowest BCUT2D eigenvalue weighted by molar-refractivity contribution is -0.161. The molecule has 2 aromatic rings. The Morgan fingerprint density at radius 1 is 0.857 bits per heavy atom. The van der Waals surface area contributed by atoms with Crippen molar-refractivity contribution in [1.29, 1.82) is 0 Å². The summed E-state index contributed by atoms with van der Waals surface area (Å²) in [5, 5.41) is 18.5. The number of fused-ring (bicyclic) bond motifs is 1. The lowest BCUT2D eigenvalue weighted by atomic mass is 9.88. The molecule has 0 radical (unpaired) electrons. The van der Waals surface area contributed by atoms with Gasteiger partial charge in [0.15, 0.2) is 11.7 Å². The highest BCUT2D eigenvalue weighted by atomic mass is 16.5. The summed E-state index contributed by atoms with van der Waals surface area (Å²) in [5.41, 5.74) is -0.0965. The Morgan fingerprint density at radius 3 is 2.11 bits per heavy atom. The molecule has 2 aliphatic rings. The maximum Gasteiger partial charge on any atom is 0.333 e. The SMILES string of the molecule is CC(C)C[C@H]1NC(=O)C(NC(=O)c2ncccc2O)[C@@H](C)OC(=O)[C@H](c2ccccc2)N(C)C(=O)[C@H](C)NC(=O)[C@H](C(C)C(C)C)N(C)C(=O)CN(C)C(=O)[C@H]2C[C@@H](C)CN2C1=O. The molecule has 344 valence electrons. The molecular weight excluding hydrogens is 813 g/mol. The summed E-state index contributed by atoms with van der Waals surface area (Å²) in [7, 11) is 4.26. The zero-order valence-corrected chi connectivity index (χ0v) is 38.2. The summed E-state index contributed by atoms with van der Waals surface area (Å²) in [6.07, 6.45) is 0.190. The van der Waals surface area contributed by atoms with Crippen molar-refractivity contribution in [3.8, 4) is 5.75 Å². The molecule has 2 aliphatic heterocycles. The number of pyridine rings is 1. The normalized spacial score (nSPS) is 27.0. The van der Waals surface area contributed by atoms with Crippen LogP contribution in [0.3, 0.4) is 0 Å². The van der Waals surface area contributed by atoms with Gasteiger partial charge in [0.2, 0.25) is 35.4 Å².